The van der Waals surface area contributed by atoms with Crippen LogP contribution in [0.5, 0.6) is 5.75 Å². The standard InChI is InChI=1S/C34H31N3O5S/c1-34(2,38)26-8-6-7-24(20-26)31-21-30-29(13-16-36-33(30)37(31)43(39,40)28-9-4-3-5-10-28)23-11-12-32(25(19-23)22-35)42-27-14-17-41-18-15-27/h3-13,16,19-21,27,38H,14-15,17-18H2,1-2H3. The molecular formula is C34H31N3O5S. The van der Waals surface area contributed by atoms with E-state index in [1.54, 1.807) is 86.8 Å². The molecular weight excluding hydrogens is 562 g/mol. The van der Waals surface area contributed by atoms with Gasteiger partial charge in [-0.2, -0.15) is 5.26 Å². The maximum absolute atomic E-state index is 14.2. The number of benzene rings is 3. The highest BCUT2D eigenvalue weighted by molar-refractivity contribution is 7.90. The van der Waals surface area contributed by atoms with Crippen LogP contribution in [0.2, 0.25) is 0 Å². The first-order valence-electron chi connectivity index (χ1n) is 14.1. The summed E-state index contributed by atoms with van der Waals surface area (Å²) in [5.41, 5.74) is 2.64. The van der Waals surface area contributed by atoms with Crippen molar-refractivity contribution in [2.75, 3.05) is 13.2 Å². The van der Waals surface area contributed by atoms with Crippen LogP contribution in [0.25, 0.3) is 33.4 Å². The van der Waals surface area contributed by atoms with Crippen molar-refractivity contribution in [2.45, 2.75) is 43.3 Å². The van der Waals surface area contributed by atoms with Crippen LogP contribution in [0, 0.1) is 11.3 Å². The molecule has 6 rings (SSSR count). The van der Waals surface area contributed by atoms with Gasteiger partial charge in [0.15, 0.2) is 5.65 Å². The highest BCUT2D eigenvalue weighted by Gasteiger charge is 2.27. The van der Waals surface area contributed by atoms with Crippen molar-refractivity contribution in [1.82, 2.24) is 8.96 Å². The summed E-state index contributed by atoms with van der Waals surface area (Å²) < 4.78 is 41.2. The number of nitrogens with zero attached hydrogens (tertiary/aromatic N) is 3. The number of ether oxygens (including phenoxy) is 2. The van der Waals surface area contributed by atoms with E-state index in [9.17, 15) is 18.8 Å². The van der Waals surface area contributed by atoms with Gasteiger partial charge in [-0.15, -0.1) is 0 Å². The Hall–Kier alpha value is -4.49. The Kier molecular flexibility index (Phi) is 7.52. The van der Waals surface area contributed by atoms with Gasteiger partial charge in [-0.25, -0.2) is 17.4 Å². The number of nitriles is 1. The first kappa shape index (κ1) is 28.6. The van der Waals surface area contributed by atoms with Crippen LogP contribution in [0.15, 0.2) is 96.0 Å². The number of hydrogen-bond donors (Lipinski definition) is 1. The Labute approximate surface area is 250 Å². The van der Waals surface area contributed by atoms with Gasteiger partial charge < -0.3 is 14.6 Å². The van der Waals surface area contributed by atoms with Gasteiger partial charge in [0.25, 0.3) is 10.0 Å². The number of aliphatic hydroxyl groups is 1. The third-order valence-corrected chi connectivity index (χ3v) is 9.40. The van der Waals surface area contributed by atoms with E-state index < -0.39 is 15.6 Å². The molecule has 9 heteroatoms. The molecule has 0 bridgehead atoms. The Bertz CT molecular complexity index is 1950. The summed E-state index contributed by atoms with van der Waals surface area (Å²) in [5, 5.41) is 21.3. The number of fused-ring (bicyclic) bond motifs is 1. The quantitative estimate of drug-likeness (QED) is 0.237. The molecule has 2 aromatic heterocycles. The van der Waals surface area contributed by atoms with Crippen LogP contribution in [0.3, 0.4) is 0 Å². The van der Waals surface area contributed by atoms with E-state index in [0.717, 1.165) is 24.0 Å². The topological polar surface area (TPSA) is 114 Å². The van der Waals surface area contributed by atoms with Crippen molar-refractivity contribution in [3.05, 3.63) is 102 Å². The summed E-state index contributed by atoms with van der Waals surface area (Å²) in [6.07, 6.45) is 3.08. The lowest BCUT2D eigenvalue weighted by Gasteiger charge is -2.23. The van der Waals surface area contributed by atoms with Crippen LogP contribution in [-0.2, 0) is 20.4 Å². The molecule has 1 aliphatic rings. The zero-order chi connectivity index (χ0) is 30.2. The molecule has 1 saturated heterocycles. The average Bonchev–Trinajstić information content (AvgIpc) is 3.43. The molecule has 1 fully saturated rings. The summed E-state index contributed by atoms with van der Waals surface area (Å²) in [6.45, 7) is 4.63. The monoisotopic (exact) mass is 593 g/mol. The van der Waals surface area contributed by atoms with Crippen LogP contribution in [0.1, 0.15) is 37.8 Å². The largest absolute Gasteiger partial charge is 0.489 e. The number of rotatable bonds is 7. The molecule has 3 aromatic carbocycles. The van der Waals surface area contributed by atoms with Crippen molar-refractivity contribution < 1.29 is 23.0 Å². The van der Waals surface area contributed by atoms with Crippen LogP contribution in [-0.4, -0.2) is 41.8 Å². The van der Waals surface area contributed by atoms with E-state index in [-0.39, 0.29) is 16.6 Å². The van der Waals surface area contributed by atoms with E-state index in [0.29, 0.717) is 46.7 Å². The van der Waals surface area contributed by atoms with Crippen LogP contribution < -0.4 is 4.74 Å². The van der Waals surface area contributed by atoms with Gasteiger partial charge in [-0.3, -0.25) is 0 Å². The molecule has 0 radical (unpaired) electrons. The van der Waals surface area contributed by atoms with Gasteiger partial charge in [0.1, 0.15) is 17.9 Å². The van der Waals surface area contributed by atoms with Gasteiger partial charge in [0, 0.05) is 24.4 Å². The minimum absolute atomic E-state index is 0.0150. The van der Waals surface area contributed by atoms with E-state index in [2.05, 4.69) is 11.1 Å². The fraction of sp³-hybridized carbons (Fsp3) is 0.235. The molecule has 3 heterocycles. The molecule has 0 amide bonds. The van der Waals surface area contributed by atoms with Gasteiger partial charge in [-0.1, -0.05) is 42.5 Å². The second-order valence-corrected chi connectivity index (χ2v) is 12.9. The Morgan fingerprint density at radius 2 is 1.74 bits per heavy atom. The smallest absolute Gasteiger partial charge is 0.269 e. The molecule has 218 valence electrons. The Morgan fingerprint density at radius 3 is 2.47 bits per heavy atom. The number of hydrogen-bond acceptors (Lipinski definition) is 7. The molecule has 1 aliphatic heterocycles. The zero-order valence-corrected chi connectivity index (χ0v) is 24.7. The van der Waals surface area contributed by atoms with Crippen molar-refractivity contribution in [2.24, 2.45) is 0 Å². The third kappa shape index (κ3) is 5.53. The van der Waals surface area contributed by atoms with E-state index in [1.165, 1.54) is 3.97 Å². The molecule has 0 spiro atoms. The van der Waals surface area contributed by atoms with Crippen LogP contribution >= 0.6 is 0 Å². The summed E-state index contributed by atoms with van der Waals surface area (Å²) >= 11 is 0. The van der Waals surface area contributed by atoms with Crippen molar-refractivity contribution in [3.8, 4) is 34.2 Å². The summed E-state index contributed by atoms with van der Waals surface area (Å²) in [4.78, 5) is 4.67. The third-order valence-electron chi connectivity index (χ3n) is 7.68. The van der Waals surface area contributed by atoms with Gasteiger partial charge in [-0.05, 0) is 78.6 Å². The average molecular weight is 594 g/mol. The lowest BCUT2D eigenvalue weighted by molar-refractivity contribution is 0.0254. The summed E-state index contributed by atoms with van der Waals surface area (Å²) in [5.74, 6) is 0.511. The molecule has 0 atom stereocenters. The molecule has 0 saturated carbocycles. The zero-order valence-electron chi connectivity index (χ0n) is 23.9. The molecule has 5 aromatic rings. The van der Waals surface area contributed by atoms with Crippen molar-refractivity contribution >= 4 is 21.1 Å². The van der Waals surface area contributed by atoms with Crippen molar-refractivity contribution in [3.63, 3.8) is 0 Å². The second-order valence-electron chi connectivity index (χ2n) is 11.1. The van der Waals surface area contributed by atoms with Crippen molar-refractivity contribution in [1.29, 1.82) is 5.26 Å². The minimum atomic E-state index is -4.08. The first-order valence-corrected chi connectivity index (χ1v) is 15.5. The highest BCUT2D eigenvalue weighted by atomic mass is 32.2. The normalized spacial score (nSPS) is 14.5. The lowest BCUT2D eigenvalue weighted by atomic mass is 9.95. The predicted octanol–water partition coefficient (Wildman–Crippen LogP) is 6.26. The molecule has 0 unspecified atom stereocenters. The summed E-state index contributed by atoms with van der Waals surface area (Å²) in [7, 11) is -4.08. The maximum Gasteiger partial charge on any atom is 0.269 e. The van der Waals surface area contributed by atoms with Gasteiger partial charge in [0.2, 0.25) is 0 Å². The predicted molar refractivity (Wildman–Crippen MR) is 164 cm³/mol. The molecule has 8 nitrogen and oxygen atoms in total. The minimum Gasteiger partial charge on any atom is -0.489 e. The first-order chi connectivity index (χ1) is 20.7. The molecule has 43 heavy (non-hydrogen) atoms. The lowest BCUT2D eigenvalue weighted by Crippen LogP contribution is -2.26. The highest BCUT2D eigenvalue weighted by Crippen LogP contribution is 2.38. The SMILES string of the molecule is CC(C)(O)c1cccc(-c2cc3c(-c4ccc(OC5CCOCC5)c(C#N)c4)ccnc3n2S(=O)(=O)c2ccccc2)c1. The maximum atomic E-state index is 14.2. The van der Waals surface area contributed by atoms with Gasteiger partial charge in [0.05, 0.1) is 35.0 Å². The second kappa shape index (κ2) is 11.3. The van der Waals surface area contributed by atoms with Crippen LogP contribution in [0.4, 0.5) is 0 Å². The number of aromatic nitrogens is 2. The molecule has 1 N–H and O–H groups in total. The van der Waals surface area contributed by atoms with Gasteiger partial charge >= 0.3 is 0 Å². The summed E-state index contributed by atoms with van der Waals surface area (Å²) in [6, 6.07) is 26.7. The Balaban J connectivity index is 1.54. The fourth-order valence-electron chi connectivity index (χ4n) is 5.39. The fourth-order valence-corrected chi connectivity index (χ4v) is 6.89. The number of pyridine rings is 1. The van der Waals surface area contributed by atoms with E-state index >= 15 is 0 Å². The van der Waals surface area contributed by atoms with E-state index in [4.69, 9.17) is 9.47 Å². The molecule has 0 aliphatic carbocycles. The Morgan fingerprint density at radius 1 is 0.977 bits per heavy atom. The van der Waals surface area contributed by atoms with E-state index in [1.807, 2.05) is 18.2 Å².